The molecule has 0 aliphatic carbocycles. The summed E-state index contributed by atoms with van der Waals surface area (Å²) in [5, 5.41) is 3.27. The molecular weight excluding hydrogens is 451 g/mol. The molecular formula is C24H30ClFN2O3S. The molecule has 174 valence electrons. The number of rotatable bonds is 8. The Kier molecular flexibility index (Phi) is 8.31. The second-order valence-corrected chi connectivity index (χ2v) is 11.1. The number of piperidine rings is 1. The topological polar surface area (TPSA) is 66.5 Å². The summed E-state index contributed by atoms with van der Waals surface area (Å²) in [5.41, 5.74) is 1.05. The molecule has 0 aromatic heterocycles. The van der Waals surface area contributed by atoms with Gasteiger partial charge in [-0.15, -0.1) is 0 Å². The van der Waals surface area contributed by atoms with Gasteiger partial charge in [-0.1, -0.05) is 61.8 Å². The van der Waals surface area contributed by atoms with Crippen LogP contribution in [0.1, 0.15) is 50.3 Å². The summed E-state index contributed by atoms with van der Waals surface area (Å²) in [7, 11) is -3.74. The SMILES string of the molecule is CC(C)C[C@H](NC(=O)C1CCN(S(=O)(=O)Cc2c(F)cccc2Cl)CC1)c1ccccc1. The van der Waals surface area contributed by atoms with E-state index in [1.54, 1.807) is 0 Å². The Labute approximate surface area is 195 Å². The molecule has 0 saturated carbocycles. The third-order valence-electron chi connectivity index (χ3n) is 5.83. The molecule has 1 N–H and O–H groups in total. The maximum Gasteiger partial charge on any atom is 0.223 e. The molecule has 0 spiro atoms. The number of benzene rings is 2. The second kappa shape index (κ2) is 10.8. The number of nitrogens with one attached hydrogen (secondary N) is 1. The Balaban J connectivity index is 1.61. The highest BCUT2D eigenvalue weighted by Crippen LogP contribution is 2.27. The summed E-state index contributed by atoms with van der Waals surface area (Å²) in [4.78, 5) is 13.0. The predicted octanol–water partition coefficient (Wildman–Crippen LogP) is 4.92. The minimum Gasteiger partial charge on any atom is -0.349 e. The maximum atomic E-state index is 14.0. The zero-order valence-electron chi connectivity index (χ0n) is 18.4. The van der Waals surface area contributed by atoms with Crippen LogP contribution in [0.15, 0.2) is 48.5 Å². The number of halogens is 2. The lowest BCUT2D eigenvalue weighted by molar-refractivity contribution is -0.127. The summed E-state index contributed by atoms with van der Waals surface area (Å²) >= 11 is 6.00. The van der Waals surface area contributed by atoms with Crippen molar-refractivity contribution in [3.8, 4) is 0 Å². The number of carbonyl (C=O) groups excluding carboxylic acids is 1. The normalized spacial score (nSPS) is 16.8. The number of hydrogen-bond donors (Lipinski definition) is 1. The highest BCUT2D eigenvalue weighted by Gasteiger charge is 2.33. The van der Waals surface area contributed by atoms with Crippen LogP contribution in [0.2, 0.25) is 5.02 Å². The largest absolute Gasteiger partial charge is 0.349 e. The van der Waals surface area contributed by atoms with Crippen LogP contribution in [0, 0.1) is 17.7 Å². The van der Waals surface area contributed by atoms with Gasteiger partial charge >= 0.3 is 0 Å². The summed E-state index contributed by atoms with van der Waals surface area (Å²) in [6.07, 6.45) is 1.69. The lowest BCUT2D eigenvalue weighted by atomic mass is 9.93. The molecule has 0 bridgehead atoms. The number of amides is 1. The minimum absolute atomic E-state index is 0.0200. The number of carbonyl (C=O) groups is 1. The third-order valence-corrected chi connectivity index (χ3v) is 7.99. The molecule has 5 nitrogen and oxygen atoms in total. The molecule has 32 heavy (non-hydrogen) atoms. The van der Waals surface area contributed by atoms with Crippen LogP contribution in [0.4, 0.5) is 4.39 Å². The average Bonchev–Trinajstić information content (AvgIpc) is 2.76. The second-order valence-electron chi connectivity index (χ2n) is 8.73. The lowest BCUT2D eigenvalue weighted by Crippen LogP contribution is -2.44. The van der Waals surface area contributed by atoms with E-state index in [0.717, 1.165) is 12.0 Å². The van der Waals surface area contributed by atoms with E-state index in [9.17, 15) is 17.6 Å². The minimum atomic E-state index is -3.74. The summed E-state index contributed by atoms with van der Waals surface area (Å²) in [5.74, 6) is -1.00. The number of sulfonamides is 1. The first-order valence-corrected chi connectivity index (χ1v) is 12.9. The van der Waals surface area contributed by atoms with Gasteiger partial charge in [-0.25, -0.2) is 17.1 Å². The fourth-order valence-electron chi connectivity index (χ4n) is 4.06. The summed E-state index contributed by atoms with van der Waals surface area (Å²) < 4.78 is 41.0. The van der Waals surface area contributed by atoms with Crippen molar-refractivity contribution in [3.05, 3.63) is 70.5 Å². The van der Waals surface area contributed by atoms with Crippen molar-refractivity contribution >= 4 is 27.5 Å². The lowest BCUT2D eigenvalue weighted by Gasteiger charge is -2.32. The first-order valence-electron chi connectivity index (χ1n) is 10.9. The van der Waals surface area contributed by atoms with Gasteiger partial charge in [0.1, 0.15) is 5.82 Å². The molecule has 1 saturated heterocycles. The highest BCUT2D eigenvalue weighted by atomic mass is 35.5. The predicted molar refractivity (Wildman–Crippen MR) is 125 cm³/mol. The van der Waals surface area contributed by atoms with Crippen LogP contribution in [0.5, 0.6) is 0 Å². The molecule has 2 aromatic rings. The summed E-state index contributed by atoms with van der Waals surface area (Å²) in [6.45, 7) is 4.69. The van der Waals surface area contributed by atoms with Crippen LogP contribution in [0.25, 0.3) is 0 Å². The van der Waals surface area contributed by atoms with Gasteiger partial charge in [0, 0.05) is 29.6 Å². The van der Waals surface area contributed by atoms with Crippen molar-refractivity contribution in [2.45, 2.75) is 44.9 Å². The van der Waals surface area contributed by atoms with Gasteiger partial charge in [-0.3, -0.25) is 4.79 Å². The fourth-order valence-corrected chi connectivity index (χ4v) is 5.98. The summed E-state index contributed by atoms with van der Waals surface area (Å²) in [6, 6.07) is 13.9. The van der Waals surface area contributed by atoms with Crippen molar-refractivity contribution in [2.75, 3.05) is 13.1 Å². The Hall–Kier alpha value is -1.96. The van der Waals surface area contributed by atoms with Gasteiger partial charge in [0.25, 0.3) is 0 Å². The molecule has 1 fully saturated rings. The molecule has 0 radical (unpaired) electrons. The smallest absolute Gasteiger partial charge is 0.223 e. The Morgan fingerprint density at radius 2 is 1.78 bits per heavy atom. The van der Waals surface area contributed by atoms with Gasteiger partial charge in [-0.2, -0.15) is 0 Å². The van der Waals surface area contributed by atoms with Crippen molar-refractivity contribution < 1.29 is 17.6 Å². The van der Waals surface area contributed by atoms with Crippen LogP contribution in [0.3, 0.4) is 0 Å². The Bertz CT molecular complexity index is 1000. The van der Waals surface area contributed by atoms with Crippen LogP contribution >= 0.6 is 11.6 Å². The van der Waals surface area contributed by atoms with Crippen molar-refractivity contribution in [1.29, 1.82) is 0 Å². The number of hydrogen-bond acceptors (Lipinski definition) is 3. The Morgan fingerprint density at radius 3 is 2.38 bits per heavy atom. The van der Waals surface area contributed by atoms with Gasteiger partial charge in [0.15, 0.2) is 0 Å². The van der Waals surface area contributed by atoms with E-state index >= 15 is 0 Å². The van der Waals surface area contributed by atoms with Gasteiger partial charge in [-0.05, 0) is 42.9 Å². The van der Waals surface area contributed by atoms with Crippen LogP contribution in [-0.4, -0.2) is 31.7 Å². The van der Waals surface area contributed by atoms with Crippen molar-refractivity contribution in [2.24, 2.45) is 11.8 Å². The average molecular weight is 481 g/mol. The van der Waals surface area contributed by atoms with Crippen LogP contribution in [-0.2, 0) is 20.6 Å². The highest BCUT2D eigenvalue weighted by molar-refractivity contribution is 7.88. The van der Waals surface area contributed by atoms with E-state index < -0.39 is 21.6 Å². The van der Waals surface area contributed by atoms with E-state index in [1.165, 1.54) is 22.5 Å². The van der Waals surface area contributed by atoms with Gasteiger partial charge in [0.2, 0.25) is 15.9 Å². The molecule has 1 aliphatic rings. The first-order chi connectivity index (χ1) is 15.2. The monoisotopic (exact) mass is 480 g/mol. The van der Waals surface area contributed by atoms with Gasteiger partial charge in [0.05, 0.1) is 11.8 Å². The first kappa shape index (κ1) is 24.7. The Morgan fingerprint density at radius 1 is 1.12 bits per heavy atom. The zero-order valence-corrected chi connectivity index (χ0v) is 20.0. The van der Waals surface area contributed by atoms with E-state index in [2.05, 4.69) is 19.2 Å². The molecule has 0 unspecified atom stereocenters. The molecule has 1 atom stereocenters. The molecule has 1 heterocycles. The number of nitrogens with zero attached hydrogens (tertiary/aromatic N) is 1. The maximum absolute atomic E-state index is 14.0. The third kappa shape index (κ3) is 6.30. The van der Waals surface area contributed by atoms with Crippen LogP contribution < -0.4 is 5.32 Å². The molecule has 2 aromatic carbocycles. The van der Waals surface area contributed by atoms with Crippen molar-refractivity contribution in [3.63, 3.8) is 0 Å². The van der Waals surface area contributed by atoms with E-state index in [4.69, 9.17) is 11.6 Å². The van der Waals surface area contributed by atoms with E-state index in [1.807, 2.05) is 30.3 Å². The molecule has 1 amide bonds. The molecule has 1 aliphatic heterocycles. The van der Waals surface area contributed by atoms with Crippen molar-refractivity contribution in [1.82, 2.24) is 9.62 Å². The molecule has 8 heteroatoms. The van der Waals surface area contributed by atoms with E-state index in [0.29, 0.717) is 18.8 Å². The molecule has 3 rings (SSSR count). The fraction of sp³-hybridized carbons (Fsp3) is 0.458. The standard InChI is InChI=1S/C24H30ClFN2O3S/c1-17(2)15-23(18-7-4-3-5-8-18)27-24(29)19-11-13-28(14-12-19)32(30,31)16-20-21(25)9-6-10-22(20)26/h3-10,17,19,23H,11-16H2,1-2H3,(H,27,29)/t23-/m0/s1. The van der Waals surface area contributed by atoms with E-state index in [-0.39, 0.29) is 41.5 Å². The zero-order chi connectivity index (χ0) is 23.3. The van der Waals surface area contributed by atoms with Gasteiger partial charge < -0.3 is 5.32 Å². The quantitative estimate of drug-likeness (QED) is 0.582.